The summed E-state index contributed by atoms with van der Waals surface area (Å²) in [5, 5.41) is 6.92. The van der Waals surface area contributed by atoms with E-state index in [1.54, 1.807) is 0 Å². The Balaban J connectivity index is 1.77. The number of aryl methyl sites for hydroxylation is 1. The SMILES string of the molecule is CCc1ncc(CNC(C)Cc2cccs2)s1. The Morgan fingerprint density at radius 2 is 2.29 bits per heavy atom. The largest absolute Gasteiger partial charge is 0.309 e. The Morgan fingerprint density at radius 3 is 2.94 bits per heavy atom. The first kappa shape index (κ1) is 12.7. The summed E-state index contributed by atoms with van der Waals surface area (Å²) in [5.41, 5.74) is 0. The first-order valence-corrected chi connectivity index (χ1v) is 7.67. The molecule has 0 fully saturated rings. The molecule has 0 radical (unpaired) electrons. The van der Waals surface area contributed by atoms with Gasteiger partial charge in [0.05, 0.1) is 5.01 Å². The summed E-state index contributed by atoms with van der Waals surface area (Å²) >= 11 is 3.64. The third kappa shape index (κ3) is 3.91. The highest BCUT2D eigenvalue weighted by atomic mass is 32.1. The standard InChI is InChI=1S/C13H18N2S2/c1-3-13-15-9-12(17-13)8-14-10(2)7-11-5-4-6-16-11/h4-6,9-10,14H,3,7-8H2,1-2H3. The lowest BCUT2D eigenvalue weighted by Crippen LogP contribution is -2.26. The molecule has 0 aliphatic carbocycles. The van der Waals surface area contributed by atoms with E-state index in [1.807, 2.05) is 28.9 Å². The van der Waals surface area contributed by atoms with Crippen LogP contribution in [0.15, 0.2) is 23.7 Å². The second kappa shape index (κ2) is 6.28. The molecule has 17 heavy (non-hydrogen) atoms. The fraction of sp³-hybridized carbons (Fsp3) is 0.462. The van der Waals surface area contributed by atoms with Gasteiger partial charge >= 0.3 is 0 Å². The van der Waals surface area contributed by atoms with E-state index in [2.05, 4.69) is 41.7 Å². The average molecular weight is 266 g/mol. The van der Waals surface area contributed by atoms with Gasteiger partial charge in [0, 0.05) is 28.5 Å². The molecular formula is C13H18N2S2. The van der Waals surface area contributed by atoms with E-state index >= 15 is 0 Å². The highest BCUT2D eigenvalue weighted by molar-refractivity contribution is 7.11. The van der Waals surface area contributed by atoms with E-state index in [0.29, 0.717) is 6.04 Å². The van der Waals surface area contributed by atoms with Crippen molar-refractivity contribution in [2.75, 3.05) is 0 Å². The van der Waals surface area contributed by atoms with Crippen LogP contribution in [-0.4, -0.2) is 11.0 Å². The Hall–Kier alpha value is -0.710. The molecule has 1 N–H and O–H groups in total. The zero-order valence-electron chi connectivity index (χ0n) is 10.3. The second-order valence-electron chi connectivity index (χ2n) is 4.14. The van der Waals surface area contributed by atoms with Gasteiger partial charge in [0.1, 0.15) is 0 Å². The van der Waals surface area contributed by atoms with Crippen molar-refractivity contribution in [3.8, 4) is 0 Å². The highest BCUT2D eigenvalue weighted by Gasteiger charge is 2.05. The molecule has 1 atom stereocenters. The molecule has 4 heteroatoms. The van der Waals surface area contributed by atoms with E-state index in [9.17, 15) is 0 Å². The minimum Gasteiger partial charge on any atom is -0.309 e. The van der Waals surface area contributed by atoms with Crippen LogP contribution >= 0.6 is 22.7 Å². The van der Waals surface area contributed by atoms with Gasteiger partial charge in [-0.3, -0.25) is 0 Å². The van der Waals surface area contributed by atoms with Crippen molar-refractivity contribution in [2.45, 2.75) is 39.3 Å². The van der Waals surface area contributed by atoms with Gasteiger partial charge in [0.15, 0.2) is 0 Å². The van der Waals surface area contributed by atoms with Gasteiger partial charge in [-0.1, -0.05) is 13.0 Å². The average Bonchev–Trinajstić information content (AvgIpc) is 2.96. The maximum atomic E-state index is 4.37. The molecule has 0 aliphatic heterocycles. The molecule has 0 spiro atoms. The fourth-order valence-corrected chi connectivity index (χ4v) is 3.32. The van der Waals surface area contributed by atoms with Crippen molar-refractivity contribution in [1.29, 1.82) is 0 Å². The van der Waals surface area contributed by atoms with E-state index in [4.69, 9.17) is 0 Å². The molecule has 92 valence electrons. The first-order valence-electron chi connectivity index (χ1n) is 5.97. The number of nitrogens with one attached hydrogen (secondary N) is 1. The third-order valence-corrected chi connectivity index (χ3v) is 4.66. The molecule has 2 rings (SSSR count). The zero-order valence-corrected chi connectivity index (χ0v) is 11.9. The molecule has 2 aromatic heterocycles. The number of thiophene rings is 1. The zero-order chi connectivity index (χ0) is 12.1. The Bertz CT molecular complexity index is 434. The summed E-state index contributed by atoms with van der Waals surface area (Å²) in [7, 11) is 0. The summed E-state index contributed by atoms with van der Waals surface area (Å²) in [4.78, 5) is 7.15. The lowest BCUT2D eigenvalue weighted by molar-refractivity contribution is 0.552. The minimum absolute atomic E-state index is 0.515. The van der Waals surface area contributed by atoms with Gasteiger partial charge in [-0.2, -0.15) is 0 Å². The molecule has 0 aromatic carbocycles. The second-order valence-corrected chi connectivity index (χ2v) is 6.37. The highest BCUT2D eigenvalue weighted by Crippen LogP contribution is 2.14. The number of hydrogen-bond donors (Lipinski definition) is 1. The number of thiazole rings is 1. The van der Waals surface area contributed by atoms with Crippen molar-refractivity contribution in [2.24, 2.45) is 0 Å². The lowest BCUT2D eigenvalue weighted by Gasteiger charge is -2.11. The van der Waals surface area contributed by atoms with E-state index in [1.165, 1.54) is 14.8 Å². The van der Waals surface area contributed by atoms with Crippen molar-refractivity contribution >= 4 is 22.7 Å². The molecule has 2 nitrogen and oxygen atoms in total. The number of nitrogens with zero attached hydrogens (tertiary/aromatic N) is 1. The number of aromatic nitrogens is 1. The van der Waals surface area contributed by atoms with Gasteiger partial charge < -0.3 is 5.32 Å². The lowest BCUT2D eigenvalue weighted by atomic mass is 10.2. The van der Waals surface area contributed by atoms with Gasteiger partial charge in [0.25, 0.3) is 0 Å². The van der Waals surface area contributed by atoms with Crippen LogP contribution in [0.25, 0.3) is 0 Å². The summed E-state index contributed by atoms with van der Waals surface area (Å²) in [6.07, 6.45) is 4.14. The Labute approximate surface area is 111 Å². The molecule has 2 heterocycles. The normalized spacial score (nSPS) is 12.8. The van der Waals surface area contributed by atoms with Crippen LogP contribution < -0.4 is 5.32 Å². The van der Waals surface area contributed by atoms with Crippen molar-refractivity contribution in [3.05, 3.63) is 38.5 Å². The summed E-state index contributed by atoms with van der Waals surface area (Å²) < 4.78 is 0. The quantitative estimate of drug-likeness (QED) is 0.866. The van der Waals surface area contributed by atoms with E-state index in [-0.39, 0.29) is 0 Å². The fourth-order valence-electron chi connectivity index (χ4n) is 1.67. The van der Waals surface area contributed by atoms with Crippen molar-refractivity contribution in [3.63, 3.8) is 0 Å². The summed E-state index contributed by atoms with van der Waals surface area (Å²) in [6, 6.07) is 4.83. The van der Waals surface area contributed by atoms with E-state index < -0.39 is 0 Å². The van der Waals surface area contributed by atoms with Crippen LogP contribution in [-0.2, 0) is 19.4 Å². The van der Waals surface area contributed by atoms with Crippen LogP contribution in [0, 0.1) is 0 Å². The molecular weight excluding hydrogens is 248 g/mol. The number of hydrogen-bond acceptors (Lipinski definition) is 4. The van der Waals surface area contributed by atoms with Crippen LogP contribution in [0.2, 0.25) is 0 Å². The first-order chi connectivity index (χ1) is 8.28. The topological polar surface area (TPSA) is 24.9 Å². The molecule has 0 amide bonds. The predicted octanol–water partition coefficient (Wildman–Crippen LogP) is 3.49. The molecule has 2 aromatic rings. The van der Waals surface area contributed by atoms with Crippen LogP contribution in [0.1, 0.15) is 28.6 Å². The summed E-state index contributed by atoms with van der Waals surface area (Å²) in [5.74, 6) is 0. The molecule has 0 aliphatic rings. The monoisotopic (exact) mass is 266 g/mol. The predicted molar refractivity (Wildman–Crippen MR) is 75.8 cm³/mol. The van der Waals surface area contributed by atoms with E-state index in [0.717, 1.165) is 19.4 Å². The van der Waals surface area contributed by atoms with Crippen LogP contribution in [0.4, 0.5) is 0 Å². The van der Waals surface area contributed by atoms with Gasteiger partial charge in [-0.15, -0.1) is 22.7 Å². The summed E-state index contributed by atoms with van der Waals surface area (Å²) in [6.45, 7) is 5.32. The Morgan fingerprint density at radius 1 is 1.41 bits per heavy atom. The molecule has 1 unspecified atom stereocenters. The smallest absolute Gasteiger partial charge is 0.0925 e. The Kier molecular flexibility index (Phi) is 4.71. The third-order valence-electron chi connectivity index (χ3n) is 2.62. The molecule has 0 bridgehead atoms. The van der Waals surface area contributed by atoms with Crippen molar-refractivity contribution in [1.82, 2.24) is 10.3 Å². The van der Waals surface area contributed by atoms with Gasteiger partial charge in [0.2, 0.25) is 0 Å². The maximum Gasteiger partial charge on any atom is 0.0925 e. The van der Waals surface area contributed by atoms with Gasteiger partial charge in [-0.25, -0.2) is 4.98 Å². The van der Waals surface area contributed by atoms with Gasteiger partial charge in [-0.05, 0) is 31.2 Å². The minimum atomic E-state index is 0.515. The maximum absolute atomic E-state index is 4.37. The molecule has 0 saturated carbocycles. The van der Waals surface area contributed by atoms with Crippen LogP contribution in [0.5, 0.6) is 0 Å². The van der Waals surface area contributed by atoms with Crippen molar-refractivity contribution < 1.29 is 0 Å². The number of rotatable bonds is 6. The molecule has 0 saturated heterocycles. The van der Waals surface area contributed by atoms with Crippen LogP contribution in [0.3, 0.4) is 0 Å².